The van der Waals surface area contributed by atoms with Gasteiger partial charge < -0.3 is 4.74 Å². The second-order valence-electron chi connectivity index (χ2n) is 3.66. The van der Waals surface area contributed by atoms with Crippen molar-refractivity contribution in [2.24, 2.45) is 11.8 Å². The molecular weight excluding hydrogens is 168 g/mol. The lowest BCUT2D eigenvalue weighted by Gasteiger charge is -2.23. The standard InChI is InChI=1S/C10H16O3/c1-3-13-10(12)8-5-4-7(2)6-9(8)11/h7-8H,3-6H2,1-2H3/t7-,8+/m0/s1. The number of carbonyl (C=O) groups excluding carboxylic acids is 2. The van der Waals surface area contributed by atoms with Crippen molar-refractivity contribution >= 4 is 11.8 Å². The largest absolute Gasteiger partial charge is 0.465 e. The second-order valence-corrected chi connectivity index (χ2v) is 3.66. The van der Waals surface area contributed by atoms with Crippen LogP contribution in [-0.4, -0.2) is 18.4 Å². The molecule has 1 rings (SSSR count). The Bertz CT molecular complexity index is 202. The molecule has 1 aliphatic carbocycles. The van der Waals surface area contributed by atoms with Gasteiger partial charge in [-0.3, -0.25) is 9.59 Å². The maximum absolute atomic E-state index is 11.4. The maximum Gasteiger partial charge on any atom is 0.316 e. The van der Waals surface area contributed by atoms with E-state index in [2.05, 4.69) is 0 Å². The molecule has 1 fully saturated rings. The van der Waals surface area contributed by atoms with E-state index in [0.717, 1.165) is 6.42 Å². The van der Waals surface area contributed by atoms with E-state index in [0.29, 0.717) is 25.4 Å². The molecule has 0 unspecified atom stereocenters. The molecule has 0 aromatic carbocycles. The fourth-order valence-corrected chi connectivity index (χ4v) is 1.69. The first kappa shape index (κ1) is 10.2. The van der Waals surface area contributed by atoms with Crippen molar-refractivity contribution in [1.82, 2.24) is 0 Å². The SMILES string of the molecule is CCOC(=O)[C@@H]1CC[C@H](C)CC1=O. The van der Waals surface area contributed by atoms with Crippen LogP contribution in [-0.2, 0) is 14.3 Å². The van der Waals surface area contributed by atoms with Gasteiger partial charge in [0.2, 0.25) is 0 Å². The van der Waals surface area contributed by atoms with Crippen molar-refractivity contribution in [3.05, 3.63) is 0 Å². The Morgan fingerprint density at radius 3 is 2.77 bits per heavy atom. The summed E-state index contributed by atoms with van der Waals surface area (Å²) in [5.41, 5.74) is 0. The third-order valence-corrected chi connectivity index (χ3v) is 2.46. The smallest absolute Gasteiger partial charge is 0.316 e. The van der Waals surface area contributed by atoms with Gasteiger partial charge >= 0.3 is 5.97 Å². The van der Waals surface area contributed by atoms with Gasteiger partial charge in [0.15, 0.2) is 0 Å². The van der Waals surface area contributed by atoms with Gasteiger partial charge in [0.05, 0.1) is 6.61 Å². The lowest BCUT2D eigenvalue weighted by molar-refractivity contribution is -0.153. The van der Waals surface area contributed by atoms with Crippen molar-refractivity contribution in [1.29, 1.82) is 0 Å². The summed E-state index contributed by atoms with van der Waals surface area (Å²) < 4.78 is 4.83. The monoisotopic (exact) mass is 184 g/mol. The molecule has 13 heavy (non-hydrogen) atoms. The molecule has 3 nitrogen and oxygen atoms in total. The van der Waals surface area contributed by atoms with Crippen LogP contribution in [0.5, 0.6) is 0 Å². The molecule has 0 aromatic heterocycles. The molecule has 0 bridgehead atoms. The highest BCUT2D eigenvalue weighted by atomic mass is 16.5. The summed E-state index contributed by atoms with van der Waals surface area (Å²) in [7, 11) is 0. The van der Waals surface area contributed by atoms with Crippen LogP contribution in [0.2, 0.25) is 0 Å². The number of Topliss-reactive ketones (excluding diaryl/α,β-unsaturated/α-hetero) is 1. The van der Waals surface area contributed by atoms with Crippen molar-refractivity contribution in [2.75, 3.05) is 6.61 Å². The molecule has 0 radical (unpaired) electrons. The number of ether oxygens (including phenoxy) is 1. The minimum absolute atomic E-state index is 0.0530. The molecule has 0 saturated heterocycles. The Kier molecular flexibility index (Phi) is 3.46. The van der Waals surface area contributed by atoms with E-state index < -0.39 is 5.92 Å². The van der Waals surface area contributed by atoms with Crippen LogP contribution in [0, 0.1) is 11.8 Å². The van der Waals surface area contributed by atoms with E-state index in [9.17, 15) is 9.59 Å². The van der Waals surface area contributed by atoms with E-state index in [1.54, 1.807) is 6.92 Å². The highest BCUT2D eigenvalue weighted by Crippen LogP contribution is 2.26. The van der Waals surface area contributed by atoms with Crippen molar-refractivity contribution in [3.8, 4) is 0 Å². The van der Waals surface area contributed by atoms with Crippen molar-refractivity contribution in [3.63, 3.8) is 0 Å². The first-order valence-electron chi connectivity index (χ1n) is 4.84. The van der Waals surface area contributed by atoms with E-state index in [-0.39, 0.29) is 11.8 Å². The Labute approximate surface area is 78.5 Å². The van der Waals surface area contributed by atoms with Crippen molar-refractivity contribution in [2.45, 2.75) is 33.1 Å². The Morgan fingerprint density at radius 1 is 1.54 bits per heavy atom. The predicted molar refractivity (Wildman–Crippen MR) is 48.1 cm³/mol. The minimum Gasteiger partial charge on any atom is -0.465 e. The molecule has 1 aliphatic rings. The molecule has 2 atom stereocenters. The average Bonchev–Trinajstić information content (AvgIpc) is 2.04. The van der Waals surface area contributed by atoms with Gasteiger partial charge in [-0.1, -0.05) is 6.92 Å². The molecule has 0 N–H and O–H groups in total. The summed E-state index contributed by atoms with van der Waals surface area (Å²) in [6, 6.07) is 0. The normalized spacial score (nSPS) is 28.6. The Balaban J connectivity index is 2.51. The van der Waals surface area contributed by atoms with Gasteiger partial charge in [-0.05, 0) is 25.7 Å². The Hall–Kier alpha value is -0.860. The summed E-state index contributed by atoms with van der Waals surface area (Å²) in [5.74, 6) is -0.328. The van der Waals surface area contributed by atoms with Crippen LogP contribution in [0.4, 0.5) is 0 Å². The van der Waals surface area contributed by atoms with Crippen LogP contribution in [0.25, 0.3) is 0 Å². The molecule has 0 aliphatic heterocycles. The van der Waals surface area contributed by atoms with Crippen LogP contribution >= 0.6 is 0 Å². The molecule has 0 heterocycles. The Morgan fingerprint density at radius 2 is 2.23 bits per heavy atom. The zero-order valence-electron chi connectivity index (χ0n) is 8.21. The van der Waals surface area contributed by atoms with Gasteiger partial charge in [0, 0.05) is 6.42 Å². The van der Waals surface area contributed by atoms with Crippen LogP contribution in [0.15, 0.2) is 0 Å². The summed E-state index contributed by atoms with van der Waals surface area (Å²) in [6.07, 6.45) is 2.15. The maximum atomic E-state index is 11.4. The van der Waals surface area contributed by atoms with Crippen molar-refractivity contribution < 1.29 is 14.3 Å². The number of esters is 1. The first-order valence-corrected chi connectivity index (χ1v) is 4.84. The number of ketones is 1. The minimum atomic E-state index is -0.476. The molecule has 0 aromatic rings. The number of rotatable bonds is 2. The summed E-state index contributed by atoms with van der Waals surface area (Å²) in [5, 5.41) is 0. The summed E-state index contributed by atoms with van der Waals surface area (Å²) in [4.78, 5) is 22.7. The lowest BCUT2D eigenvalue weighted by Crippen LogP contribution is -2.31. The topological polar surface area (TPSA) is 43.4 Å². The van der Waals surface area contributed by atoms with E-state index in [1.165, 1.54) is 0 Å². The number of carbonyl (C=O) groups is 2. The molecule has 0 spiro atoms. The zero-order valence-corrected chi connectivity index (χ0v) is 8.21. The molecular formula is C10H16O3. The van der Waals surface area contributed by atoms with E-state index in [4.69, 9.17) is 4.74 Å². The molecule has 1 saturated carbocycles. The molecule has 3 heteroatoms. The van der Waals surface area contributed by atoms with Crippen LogP contribution in [0.1, 0.15) is 33.1 Å². The average molecular weight is 184 g/mol. The summed E-state index contributed by atoms with van der Waals surface area (Å²) >= 11 is 0. The molecule has 74 valence electrons. The third-order valence-electron chi connectivity index (χ3n) is 2.46. The highest BCUT2D eigenvalue weighted by Gasteiger charge is 2.32. The number of hydrogen-bond acceptors (Lipinski definition) is 3. The number of hydrogen-bond donors (Lipinski definition) is 0. The predicted octanol–water partition coefficient (Wildman–Crippen LogP) is 1.55. The van der Waals surface area contributed by atoms with Gasteiger partial charge in [-0.25, -0.2) is 0 Å². The highest BCUT2D eigenvalue weighted by molar-refractivity contribution is 5.99. The fraction of sp³-hybridized carbons (Fsp3) is 0.800. The second kappa shape index (κ2) is 4.40. The van der Waals surface area contributed by atoms with Gasteiger partial charge in [0.1, 0.15) is 11.7 Å². The van der Waals surface area contributed by atoms with Gasteiger partial charge in [0.25, 0.3) is 0 Å². The lowest BCUT2D eigenvalue weighted by atomic mass is 9.82. The van der Waals surface area contributed by atoms with Crippen LogP contribution < -0.4 is 0 Å². The third kappa shape index (κ3) is 2.54. The molecule has 0 amide bonds. The van der Waals surface area contributed by atoms with Gasteiger partial charge in [-0.15, -0.1) is 0 Å². The quantitative estimate of drug-likeness (QED) is 0.483. The summed E-state index contributed by atoms with van der Waals surface area (Å²) in [6.45, 7) is 4.16. The van der Waals surface area contributed by atoms with Gasteiger partial charge in [-0.2, -0.15) is 0 Å². The fourth-order valence-electron chi connectivity index (χ4n) is 1.69. The van der Waals surface area contributed by atoms with E-state index >= 15 is 0 Å². The van der Waals surface area contributed by atoms with E-state index in [1.807, 2.05) is 6.92 Å². The first-order chi connectivity index (χ1) is 6.15. The zero-order chi connectivity index (χ0) is 9.84. The van der Waals surface area contributed by atoms with Crippen LogP contribution in [0.3, 0.4) is 0 Å².